The Kier molecular flexibility index (Phi) is 5.50. The zero-order chi connectivity index (χ0) is 17.9. The topological polar surface area (TPSA) is 80.4 Å². The van der Waals surface area contributed by atoms with E-state index in [0.717, 1.165) is 5.56 Å². The van der Waals surface area contributed by atoms with E-state index in [1.807, 2.05) is 39.0 Å². The van der Waals surface area contributed by atoms with Gasteiger partial charge in [0.05, 0.1) is 13.2 Å². The highest BCUT2D eigenvalue weighted by molar-refractivity contribution is 5.33. The zero-order valence-electron chi connectivity index (χ0n) is 14.6. The number of hydrogen-bond donors (Lipinski definition) is 1. The van der Waals surface area contributed by atoms with Crippen molar-refractivity contribution in [3.63, 3.8) is 0 Å². The summed E-state index contributed by atoms with van der Waals surface area (Å²) in [6, 6.07) is 4.81. The van der Waals surface area contributed by atoms with Gasteiger partial charge in [-0.05, 0) is 31.7 Å². The molecule has 0 fully saturated rings. The predicted molar refractivity (Wildman–Crippen MR) is 91.4 cm³/mol. The molecule has 8 heteroatoms. The van der Waals surface area contributed by atoms with E-state index in [1.165, 1.54) is 13.2 Å². The fraction of sp³-hybridized carbons (Fsp3) is 0.438. The standard InChI is InChI=1S/C16H23FN6O/c1-10(14-19-15(18)21-16(20-14)22(2)3)23(4)9-11-6-7-13(24-5)12(17)8-11/h6-8,10H,9H2,1-5H3,(H2,18,19,20,21)/t10-/m1/s1. The van der Waals surface area contributed by atoms with Crippen LogP contribution in [0.3, 0.4) is 0 Å². The van der Waals surface area contributed by atoms with Crippen molar-refractivity contribution in [2.75, 3.05) is 38.9 Å². The van der Waals surface area contributed by atoms with Gasteiger partial charge in [-0.1, -0.05) is 6.07 Å². The van der Waals surface area contributed by atoms with Crippen molar-refractivity contribution < 1.29 is 9.13 Å². The van der Waals surface area contributed by atoms with Crippen molar-refractivity contribution in [2.24, 2.45) is 0 Å². The molecule has 24 heavy (non-hydrogen) atoms. The van der Waals surface area contributed by atoms with E-state index >= 15 is 0 Å². The molecule has 0 bridgehead atoms. The summed E-state index contributed by atoms with van der Waals surface area (Å²) < 4.78 is 18.8. The highest BCUT2D eigenvalue weighted by atomic mass is 19.1. The molecule has 2 N–H and O–H groups in total. The number of benzene rings is 1. The number of nitrogens with zero attached hydrogens (tertiary/aromatic N) is 5. The molecule has 0 saturated heterocycles. The van der Waals surface area contributed by atoms with Crippen LogP contribution in [0, 0.1) is 5.82 Å². The summed E-state index contributed by atoms with van der Waals surface area (Å²) in [4.78, 5) is 16.5. The predicted octanol–water partition coefficient (Wildman–Crippen LogP) is 1.86. The van der Waals surface area contributed by atoms with Crippen LogP contribution in [0.5, 0.6) is 5.75 Å². The lowest BCUT2D eigenvalue weighted by atomic mass is 10.1. The molecule has 1 aromatic carbocycles. The number of nitrogen functional groups attached to an aromatic ring is 1. The second kappa shape index (κ2) is 7.39. The Morgan fingerprint density at radius 3 is 2.50 bits per heavy atom. The fourth-order valence-corrected chi connectivity index (χ4v) is 2.21. The van der Waals surface area contributed by atoms with Crippen LogP contribution in [0.1, 0.15) is 24.4 Å². The Morgan fingerprint density at radius 1 is 1.21 bits per heavy atom. The molecule has 0 saturated carbocycles. The quantitative estimate of drug-likeness (QED) is 0.863. The molecular formula is C16H23FN6O. The lowest BCUT2D eigenvalue weighted by molar-refractivity contribution is 0.243. The number of halogens is 1. The number of anilines is 2. The monoisotopic (exact) mass is 334 g/mol. The molecule has 1 atom stereocenters. The maximum atomic E-state index is 13.8. The van der Waals surface area contributed by atoms with Crippen molar-refractivity contribution in [3.8, 4) is 5.75 Å². The van der Waals surface area contributed by atoms with Crippen molar-refractivity contribution in [1.82, 2.24) is 19.9 Å². The van der Waals surface area contributed by atoms with E-state index in [-0.39, 0.29) is 23.6 Å². The third-order valence-electron chi connectivity index (χ3n) is 3.74. The SMILES string of the molecule is COc1ccc(CN(C)[C@H](C)c2nc(N)nc(N(C)C)n2)cc1F. The number of aromatic nitrogens is 3. The van der Waals surface area contributed by atoms with Gasteiger partial charge in [0.15, 0.2) is 17.4 Å². The maximum absolute atomic E-state index is 13.8. The summed E-state index contributed by atoms with van der Waals surface area (Å²) in [6.45, 7) is 2.50. The number of rotatable bonds is 6. The maximum Gasteiger partial charge on any atom is 0.229 e. The minimum atomic E-state index is -0.379. The molecule has 0 unspecified atom stereocenters. The highest BCUT2D eigenvalue weighted by Gasteiger charge is 2.18. The van der Waals surface area contributed by atoms with Crippen LogP contribution in [0.15, 0.2) is 18.2 Å². The molecule has 1 heterocycles. The second-order valence-electron chi connectivity index (χ2n) is 5.81. The molecule has 0 aliphatic heterocycles. The smallest absolute Gasteiger partial charge is 0.229 e. The third kappa shape index (κ3) is 4.08. The first-order valence-electron chi connectivity index (χ1n) is 7.53. The van der Waals surface area contributed by atoms with Gasteiger partial charge in [-0.15, -0.1) is 0 Å². The van der Waals surface area contributed by atoms with E-state index in [1.54, 1.807) is 11.0 Å². The summed E-state index contributed by atoms with van der Waals surface area (Å²) >= 11 is 0. The van der Waals surface area contributed by atoms with Crippen LogP contribution >= 0.6 is 0 Å². The average Bonchev–Trinajstić information content (AvgIpc) is 2.53. The molecular weight excluding hydrogens is 311 g/mol. The lowest BCUT2D eigenvalue weighted by Crippen LogP contribution is -2.25. The summed E-state index contributed by atoms with van der Waals surface area (Å²) in [5.74, 6) is 1.11. The van der Waals surface area contributed by atoms with Gasteiger partial charge in [0, 0.05) is 20.6 Å². The first-order valence-corrected chi connectivity index (χ1v) is 7.53. The summed E-state index contributed by atoms with van der Waals surface area (Å²) in [6.07, 6.45) is 0. The van der Waals surface area contributed by atoms with E-state index in [0.29, 0.717) is 18.3 Å². The highest BCUT2D eigenvalue weighted by Crippen LogP contribution is 2.22. The molecule has 130 valence electrons. The van der Waals surface area contributed by atoms with E-state index < -0.39 is 0 Å². The van der Waals surface area contributed by atoms with Gasteiger partial charge >= 0.3 is 0 Å². The molecule has 0 amide bonds. The lowest BCUT2D eigenvalue weighted by Gasteiger charge is -2.24. The van der Waals surface area contributed by atoms with Crippen LogP contribution in [0.25, 0.3) is 0 Å². The van der Waals surface area contributed by atoms with E-state index in [2.05, 4.69) is 15.0 Å². The van der Waals surface area contributed by atoms with Gasteiger partial charge in [-0.2, -0.15) is 15.0 Å². The van der Waals surface area contributed by atoms with E-state index in [9.17, 15) is 4.39 Å². The molecule has 7 nitrogen and oxygen atoms in total. The van der Waals surface area contributed by atoms with Gasteiger partial charge in [-0.25, -0.2) is 4.39 Å². The molecule has 0 aliphatic rings. The minimum Gasteiger partial charge on any atom is -0.494 e. The number of methoxy groups -OCH3 is 1. The van der Waals surface area contributed by atoms with Crippen LogP contribution in [-0.2, 0) is 6.54 Å². The van der Waals surface area contributed by atoms with E-state index in [4.69, 9.17) is 10.5 Å². The molecule has 0 radical (unpaired) electrons. The van der Waals surface area contributed by atoms with Crippen LogP contribution < -0.4 is 15.4 Å². The molecule has 2 aromatic rings. The number of nitrogens with two attached hydrogens (primary N) is 1. The second-order valence-corrected chi connectivity index (χ2v) is 5.81. The first-order chi connectivity index (χ1) is 11.3. The Bertz CT molecular complexity index is 709. The zero-order valence-corrected chi connectivity index (χ0v) is 14.6. The van der Waals surface area contributed by atoms with Gasteiger partial charge < -0.3 is 15.4 Å². The van der Waals surface area contributed by atoms with Crippen molar-refractivity contribution >= 4 is 11.9 Å². The number of ether oxygens (including phenoxy) is 1. The van der Waals surface area contributed by atoms with Gasteiger partial charge in [0.1, 0.15) is 0 Å². The molecule has 1 aromatic heterocycles. The Morgan fingerprint density at radius 2 is 1.92 bits per heavy atom. The Balaban J connectivity index is 2.17. The van der Waals surface area contributed by atoms with Crippen LogP contribution in [0.4, 0.5) is 16.3 Å². The van der Waals surface area contributed by atoms with Gasteiger partial charge in [-0.3, -0.25) is 4.90 Å². The summed E-state index contributed by atoms with van der Waals surface area (Å²) in [5.41, 5.74) is 6.60. The van der Waals surface area contributed by atoms with Gasteiger partial charge in [0.2, 0.25) is 11.9 Å². The molecule has 0 spiro atoms. The van der Waals surface area contributed by atoms with Crippen molar-refractivity contribution in [2.45, 2.75) is 19.5 Å². The van der Waals surface area contributed by atoms with Crippen LogP contribution in [0.2, 0.25) is 0 Å². The molecule has 0 aliphatic carbocycles. The molecule has 2 rings (SSSR count). The summed E-state index contributed by atoms with van der Waals surface area (Å²) in [7, 11) is 7.04. The fourth-order valence-electron chi connectivity index (χ4n) is 2.21. The van der Waals surface area contributed by atoms with Crippen molar-refractivity contribution in [3.05, 3.63) is 35.4 Å². The summed E-state index contributed by atoms with van der Waals surface area (Å²) in [5, 5.41) is 0. The Labute approximate surface area is 141 Å². The minimum absolute atomic E-state index is 0.112. The third-order valence-corrected chi connectivity index (χ3v) is 3.74. The average molecular weight is 334 g/mol. The normalized spacial score (nSPS) is 12.3. The van der Waals surface area contributed by atoms with Gasteiger partial charge in [0.25, 0.3) is 0 Å². The van der Waals surface area contributed by atoms with Crippen LogP contribution in [-0.4, -0.2) is 48.1 Å². The number of hydrogen-bond acceptors (Lipinski definition) is 7. The Hall–Kier alpha value is -2.48. The first kappa shape index (κ1) is 17.9. The van der Waals surface area contributed by atoms with Crippen molar-refractivity contribution in [1.29, 1.82) is 0 Å². The largest absolute Gasteiger partial charge is 0.494 e.